The van der Waals surface area contributed by atoms with Crippen LogP contribution in [-0.4, -0.2) is 0 Å². The van der Waals surface area contributed by atoms with Crippen molar-refractivity contribution in [3.05, 3.63) is 53.6 Å². The summed E-state index contributed by atoms with van der Waals surface area (Å²) in [4.78, 5) is 0. The third-order valence-corrected chi connectivity index (χ3v) is 3.02. The zero-order valence-corrected chi connectivity index (χ0v) is 8.66. The highest BCUT2D eigenvalue weighted by Crippen LogP contribution is 2.28. The highest BCUT2D eigenvalue weighted by atomic mass is 14.2. The second-order valence-corrected chi connectivity index (χ2v) is 3.94. The van der Waals surface area contributed by atoms with Crippen molar-refractivity contribution >= 4 is 6.08 Å². The van der Waals surface area contributed by atoms with Crippen LogP contribution in [0.25, 0.3) is 6.08 Å². The monoisotopic (exact) mass is 184 g/mol. The van der Waals surface area contributed by atoms with Gasteiger partial charge < -0.3 is 0 Å². The number of rotatable bonds is 2. The lowest BCUT2D eigenvalue weighted by molar-refractivity contribution is 0.772. The Bertz CT molecular complexity index is 371. The average molecular weight is 184 g/mol. The number of benzene rings is 1. The Kier molecular flexibility index (Phi) is 2.53. The highest BCUT2D eigenvalue weighted by molar-refractivity contribution is 5.60. The van der Waals surface area contributed by atoms with Gasteiger partial charge in [0.1, 0.15) is 0 Å². The molecule has 0 bridgehead atoms. The van der Waals surface area contributed by atoms with Crippen LogP contribution < -0.4 is 0 Å². The fourth-order valence-electron chi connectivity index (χ4n) is 1.96. The average Bonchev–Trinajstić information content (AvgIpc) is 2.27. The summed E-state index contributed by atoms with van der Waals surface area (Å²) < 4.78 is 0. The summed E-state index contributed by atoms with van der Waals surface area (Å²) >= 11 is 0. The molecule has 0 N–H and O–H groups in total. The lowest BCUT2D eigenvalue weighted by Gasteiger charge is -2.19. The molecule has 1 atom stereocenters. The molecule has 0 saturated heterocycles. The smallest absolute Gasteiger partial charge is 0.00509 e. The molecular weight excluding hydrogens is 168 g/mol. The zero-order chi connectivity index (χ0) is 9.97. The van der Waals surface area contributed by atoms with Crippen molar-refractivity contribution in [2.45, 2.75) is 19.8 Å². The van der Waals surface area contributed by atoms with Crippen molar-refractivity contribution < 1.29 is 0 Å². The summed E-state index contributed by atoms with van der Waals surface area (Å²) in [5.74, 6) is 0.517. The Morgan fingerprint density at radius 1 is 1.29 bits per heavy atom. The van der Waals surface area contributed by atoms with Crippen molar-refractivity contribution in [3.63, 3.8) is 0 Å². The summed E-state index contributed by atoms with van der Waals surface area (Å²) in [6.45, 7) is 6.07. The number of hydrogen-bond donors (Lipinski definition) is 0. The van der Waals surface area contributed by atoms with E-state index in [4.69, 9.17) is 0 Å². The van der Waals surface area contributed by atoms with E-state index in [2.05, 4.69) is 43.8 Å². The molecule has 0 aromatic heterocycles. The molecule has 0 heteroatoms. The summed E-state index contributed by atoms with van der Waals surface area (Å²) in [7, 11) is 0. The van der Waals surface area contributed by atoms with Crippen molar-refractivity contribution in [3.8, 4) is 0 Å². The molecule has 1 aromatic rings. The Hall–Kier alpha value is -1.30. The van der Waals surface area contributed by atoms with Gasteiger partial charge in [-0.15, -0.1) is 6.58 Å². The Labute approximate surface area is 86.0 Å². The van der Waals surface area contributed by atoms with Gasteiger partial charge in [-0.25, -0.2) is 0 Å². The minimum absolute atomic E-state index is 0.517. The van der Waals surface area contributed by atoms with Gasteiger partial charge >= 0.3 is 0 Å². The van der Waals surface area contributed by atoms with E-state index in [1.165, 1.54) is 29.5 Å². The quantitative estimate of drug-likeness (QED) is 0.613. The van der Waals surface area contributed by atoms with Gasteiger partial charge in [0.25, 0.3) is 0 Å². The Morgan fingerprint density at radius 2 is 2.07 bits per heavy atom. The first kappa shape index (κ1) is 9.26. The van der Waals surface area contributed by atoms with Crippen molar-refractivity contribution in [2.75, 3.05) is 0 Å². The topological polar surface area (TPSA) is 0 Å². The Balaban J connectivity index is 2.35. The minimum Gasteiger partial charge on any atom is -0.102 e. The van der Waals surface area contributed by atoms with E-state index in [9.17, 15) is 0 Å². The molecule has 72 valence electrons. The van der Waals surface area contributed by atoms with Gasteiger partial charge in [-0.05, 0) is 29.9 Å². The molecule has 0 unspecified atom stereocenters. The number of fused-ring (bicyclic) bond motifs is 1. The molecule has 0 radical (unpaired) electrons. The summed E-state index contributed by atoms with van der Waals surface area (Å²) in [6, 6.07) is 8.65. The van der Waals surface area contributed by atoms with Crippen LogP contribution in [0.15, 0.2) is 42.5 Å². The van der Waals surface area contributed by atoms with Gasteiger partial charge in [-0.1, -0.05) is 48.9 Å². The highest BCUT2D eigenvalue weighted by Gasteiger charge is 2.12. The maximum atomic E-state index is 3.85. The third kappa shape index (κ3) is 1.65. The first-order valence-corrected chi connectivity index (χ1v) is 5.22. The molecular formula is C14H16. The lowest BCUT2D eigenvalue weighted by atomic mass is 9.86. The molecule has 0 fully saturated rings. The molecule has 0 saturated carbocycles. The van der Waals surface area contributed by atoms with Crippen LogP contribution in [0.5, 0.6) is 0 Å². The molecule has 1 aliphatic carbocycles. The molecule has 2 rings (SSSR count). The first-order valence-electron chi connectivity index (χ1n) is 5.22. The normalized spacial score (nSPS) is 16.8. The van der Waals surface area contributed by atoms with Gasteiger partial charge in [-0.2, -0.15) is 0 Å². The van der Waals surface area contributed by atoms with Gasteiger partial charge in [0.2, 0.25) is 0 Å². The van der Waals surface area contributed by atoms with E-state index in [1.807, 2.05) is 6.08 Å². The fourth-order valence-corrected chi connectivity index (χ4v) is 1.96. The van der Waals surface area contributed by atoms with E-state index in [-0.39, 0.29) is 0 Å². The summed E-state index contributed by atoms with van der Waals surface area (Å²) in [5.41, 5.74) is 4.38. The molecule has 0 heterocycles. The van der Waals surface area contributed by atoms with E-state index >= 15 is 0 Å². The molecule has 1 aliphatic rings. The van der Waals surface area contributed by atoms with E-state index in [0.29, 0.717) is 5.92 Å². The van der Waals surface area contributed by atoms with Crippen molar-refractivity contribution in [1.29, 1.82) is 0 Å². The number of aryl methyl sites for hydroxylation is 1. The zero-order valence-electron chi connectivity index (χ0n) is 8.66. The molecule has 0 amide bonds. The van der Waals surface area contributed by atoms with Crippen LogP contribution in [-0.2, 0) is 6.42 Å². The van der Waals surface area contributed by atoms with Gasteiger partial charge in [0.05, 0.1) is 0 Å². The van der Waals surface area contributed by atoms with Gasteiger partial charge in [0, 0.05) is 0 Å². The van der Waals surface area contributed by atoms with Crippen molar-refractivity contribution in [2.24, 2.45) is 5.92 Å². The van der Waals surface area contributed by atoms with Crippen LogP contribution in [0.2, 0.25) is 0 Å². The molecule has 0 aliphatic heterocycles. The maximum absolute atomic E-state index is 3.85. The fraction of sp³-hybridized carbons (Fsp3) is 0.286. The van der Waals surface area contributed by atoms with Crippen LogP contribution >= 0.6 is 0 Å². The lowest BCUT2D eigenvalue weighted by Crippen LogP contribution is -2.04. The van der Waals surface area contributed by atoms with Crippen LogP contribution in [0.3, 0.4) is 0 Å². The van der Waals surface area contributed by atoms with E-state index in [0.717, 1.165) is 0 Å². The third-order valence-electron chi connectivity index (χ3n) is 3.02. The predicted molar refractivity (Wildman–Crippen MR) is 62.1 cm³/mol. The van der Waals surface area contributed by atoms with Crippen LogP contribution in [0, 0.1) is 5.92 Å². The molecule has 0 nitrogen and oxygen atoms in total. The molecule has 1 aromatic carbocycles. The minimum atomic E-state index is 0.517. The Morgan fingerprint density at radius 3 is 2.86 bits per heavy atom. The standard InChI is InChI=1S/C14H16/c1-3-11(2)13-9-8-12-6-4-5-7-14(12)10-13/h3-7,10-11H,1,8-9H2,2H3/t11-/m0/s1. The summed E-state index contributed by atoms with van der Waals surface area (Å²) in [5, 5.41) is 0. The van der Waals surface area contributed by atoms with E-state index in [1.54, 1.807) is 0 Å². The molecule has 0 spiro atoms. The maximum Gasteiger partial charge on any atom is -0.00509 e. The summed E-state index contributed by atoms with van der Waals surface area (Å²) in [6.07, 6.45) is 6.72. The second-order valence-electron chi connectivity index (χ2n) is 3.94. The van der Waals surface area contributed by atoms with Crippen LogP contribution in [0.4, 0.5) is 0 Å². The molecule has 14 heavy (non-hydrogen) atoms. The van der Waals surface area contributed by atoms with E-state index < -0.39 is 0 Å². The second kappa shape index (κ2) is 3.83. The van der Waals surface area contributed by atoms with Crippen LogP contribution in [0.1, 0.15) is 24.5 Å². The SMILES string of the molecule is C=C[C@H](C)C1=Cc2ccccc2CC1. The predicted octanol–water partition coefficient (Wildman–Crippen LogP) is 3.84. The van der Waals surface area contributed by atoms with Gasteiger partial charge in [0.15, 0.2) is 0 Å². The number of allylic oxidation sites excluding steroid dienone is 2. The largest absolute Gasteiger partial charge is 0.102 e. The first-order chi connectivity index (χ1) is 6.81. The van der Waals surface area contributed by atoms with Gasteiger partial charge in [-0.3, -0.25) is 0 Å². The van der Waals surface area contributed by atoms with Crippen molar-refractivity contribution in [1.82, 2.24) is 0 Å². The number of hydrogen-bond acceptors (Lipinski definition) is 0.